The van der Waals surface area contributed by atoms with Crippen LogP contribution in [0, 0.1) is 0 Å². The summed E-state index contributed by atoms with van der Waals surface area (Å²) < 4.78 is 47.3. The van der Waals surface area contributed by atoms with Gasteiger partial charge < -0.3 is 9.13 Å². The molecule has 0 fully saturated rings. The first-order chi connectivity index (χ1) is 35.8. The van der Waals surface area contributed by atoms with Crippen molar-refractivity contribution in [1.82, 2.24) is 24.1 Å². The molecule has 0 bridgehead atoms. The molecule has 0 amide bonds. The summed E-state index contributed by atoms with van der Waals surface area (Å²) in [5.74, 6) is 1.64. The van der Waals surface area contributed by atoms with Crippen molar-refractivity contribution in [3.63, 3.8) is 0 Å². The molecular formula is C68H64F3N5. The number of nitrogens with zero attached hydrogens (tertiary/aromatic N) is 5. The molecule has 382 valence electrons. The quantitative estimate of drug-likeness (QED) is 0.167. The molecule has 3 aromatic heterocycles. The molecule has 3 heterocycles. The topological polar surface area (TPSA) is 48.5 Å². The van der Waals surface area contributed by atoms with Crippen molar-refractivity contribution in [1.29, 1.82) is 0 Å². The van der Waals surface area contributed by atoms with E-state index in [4.69, 9.17) is 15.0 Å². The molecule has 0 unspecified atom stereocenters. The van der Waals surface area contributed by atoms with E-state index in [0.717, 1.165) is 71.9 Å². The summed E-state index contributed by atoms with van der Waals surface area (Å²) >= 11 is 0. The molecule has 76 heavy (non-hydrogen) atoms. The first-order valence-electron chi connectivity index (χ1n) is 26.2. The van der Waals surface area contributed by atoms with Crippen LogP contribution >= 0.6 is 0 Å². The molecule has 0 N–H and O–H groups in total. The van der Waals surface area contributed by atoms with Gasteiger partial charge in [0.15, 0.2) is 17.5 Å². The first kappa shape index (κ1) is 50.3. The van der Waals surface area contributed by atoms with Crippen LogP contribution in [0.25, 0.3) is 100 Å². The lowest BCUT2D eigenvalue weighted by atomic mass is 9.79. The van der Waals surface area contributed by atoms with Crippen LogP contribution in [0.1, 0.15) is 111 Å². The number of halogens is 3. The standard InChI is InChI=1S/C68H64F3N5/c1-64(2,3)45-33-42(34-46(38-45)65(4,5)6)61-72-62(43-35-47(66(7,8)9)39-48(36-43)67(10,11)12)74-63(73-61)54-37-41(29-31-60(54)76-56-26-18-14-22-50(56)51-23-15-19-27-57(51)76)49-21-13-17-25-55(49)75-58-28-20-16-24-52(58)53-40-44(68(69,70)71)30-32-59(53)75/h13-40H,1-12H3. The third kappa shape index (κ3) is 9.05. The number of fused-ring (bicyclic) bond motifs is 6. The van der Waals surface area contributed by atoms with E-state index < -0.39 is 11.7 Å². The highest BCUT2D eigenvalue weighted by molar-refractivity contribution is 6.11. The van der Waals surface area contributed by atoms with E-state index >= 15 is 0 Å². The fraction of sp³-hybridized carbons (Fsp3) is 0.250. The molecule has 0 radical (unpaired) electrons. The van der Waals surface area contributed by atoms with Crippen molar-refractivity contribution < 1.29 is 13.2 Å². The van der Waals surface area contributed by atoms with Gasteiger partial charge in [0.05, 0.1) is 39.0 Å². The van der Waals surface area contributed by atoms with Gasteiger partial charge in [-0.3, -0.25) is 0 Å². The molecule has 0 saturated heterocycles. The van der Waals surface area contributed by atoms with E-state index in [1.807, 2.05) is 42.5 Å². The van der Waals surface area contributed by atoms with Gasteiger partial charge in [0.25, 0.3) is 0 Å². The average molecular weight is 1010 g/mol. The van der Waals surface area contributed by atoms with Crippen LogP contribution in [0.15, 0.2) is 170 Å². The predicted molar refractivity (Wildman–Crippen MR) is 310 cm³/mol. The van der Waals surface area contributed by atoms with E-state index in [2.05, 4.69) is 201 Å². The van der Waals surface area contributed by atoms with Crippen LogP contribution < -0.4 is 0 Å². The number of hydrogen-bond donors (Lipinski definition) is 0. The average Bonchev–Trinajstić information content (AvgIpc) is 3.93. The lowest BCUT2D eigenvalue weighted by molar-refractivity contribution is -0.137. The van der Waals surface area contributed by atoms with Crippen LogP contribution in [0.3, 0.4) is 0 Å². The highest BCUT2D eigenvalue weighted by atomic mass is 19.4. The number of benzene rings is 8. The highest BCUT2D eigenvalue weighted by Gasteiger charge is 2.32. The number of alkyl halides is 3. The number of aromatic nitrogens is 5. The van der Waals surface area contributed by atoms with Gasteiger partial charge in [-0.2, -0.15) is 13.2 Å². The van der Waals surface area contributed by atoms with Crippen molar-refractivity contribution in [3.05, 3.63) is 198 Å². The number of para-hydroxylation sites is 4. The van der Waals surface area contributed by atoms with Crippen LogP contribution in [-0.2, 0) is 27.8 Å². The van der Waals surface area contributed by atoms with Crippen molar-refractivity contribution in [2.45, 2.75) is 111 Å². The number of hydrogen-bond acceptors (Lipinski definition) is 3. The van der Waals surface area contributed by atoms with Gasteiger partial charge in [-0.15, -0.1) is 0 Å². The van der Waals surface area contributed by atoms with E-state index in [9.17, 15) is 13.2 Å². The summed E-state index contributed by atoms with van der Waals surface area (Å²) in [6.07, 6.45) is -4.49. The van der Waals surface area contributed by atoms with Crippen LogP contribution in [0.4, 0.5) is 13.2 Å². The maximum atomic E-state index is 14.3. The second kappa shape index (κ2) is 17.9. The maximum absolute atomic E-state index is 14.3. The highest BCUT2D eigenvalue weighted by Crippen LogP contribution is 2.44. The fourth-order valence-corrected chi connectivity index (χ4v) is 10.6. The predicted octanol–water partition coefficient (Wildman–Crippen LogP) is 18.9. The molecule has 11 aromatic rings. The number of rotatable bonds is 6. The Morgan fingerprint density at radius 1 is 0.303 bits per heavy atom. The summed E-state index contributed by atoms with van der Waals surface area (Å²) in [6, 6.07) is 57.0. The van der Waals surface area contributed by atoms with Gasteiger partial charge in [0.2, 0.25) is 0 Å². The van der Waals surface area contributed by atoms with Crippen LogP contribution in [-0.4, -0.2) is 24.1 Å². The molecule has 0 atom stereocenters. The third-order valence-corrected chi connectivity index (χ3v) is 15.0. The molecule has 0 aliphatic carbocycles. The van der Waals surface area contributed by atoms with E-state index in [1.54, 1.807) is 6.07 Å². The van der Waals surface area contributed by atoms with Crippen molar-refractivity contribution in [2.75, 3.05) is 0 Å². The van der Waals surface area contributed by atoms with Gasteiger partial charge in [-0.05, 0) is 128 Å². The molecule has 11 rings (SSSR count). The third-order valence-electron chi connectivity index (χ3n) is 15.0. The minimum absolute atomic E-state index is 0.167. The normalized spacial score (nSPS) is 12.9. The summed E-state index contributed by atoms with van der Waals surface area (Å²) in [4.78, 5) is 16.7. The van der Waals surface area contributed by atoms with E-state index in [1.165, 1.54) is 34.4 Å². The molecule has 0 aliphatic heterocycles. The van der Waals surface area contributed by atoms with Gasteiger partial charge in [0, 0.05) is 43.8 Å². The minimum atomic E-state index is -4.49. The summed E-state index contributed by atoms with van der Waals surface area (Å²) in [7, 11) is 0. The molecule has 5 nitrogen and oxygen atoms in total. The second-order valence-corrected chi connectivity index (χ2v) is 24.6. The summed E-state index contributed by atoms with van der Waals surface area (Å²) in [5.41, 5.74) is 13.0. The van der Waals surface area contributed by atoms with Crippen LogP contribution in [0.5, 0.6) is 0 Å². The molecule has 0 aliphatic rings. The van der Waals surface area contributed by atoms with Crippen LogP contribution in [0.2, 0.25) is 0 Å². The Hall–Kier alpha value is -7.84. The molecular weight excluding hydrogens is 944 g/mol. The Morgan fingerprint density at radius 3 is 1.13 bits per heavy atom. The van der Waals surface area contributed by atoms with Gasteiger partial charge in [-0.25, -0.2) is 15.0 Å². The van der Waals surface area contributed by atoms with Gasteiger partial charge >= 0.3 is 6.18 Å². The first-order valence-corrected chi connectivity index (χ1v) is 26.2. The minimum Gasteiger partial charge on any atom is -0.309 e. The van der Waals surface area contributed by atoms with Gasteiger partial charge in [0.1, 0.15) is 0 Å². The van der Waals surface area contributed by atoms with Gasteiger partial charge in [-0.1, -0.05) is 174 Å². The van der Waals surface area contributed by atoms with Crippen molar-refractivity contribution >= 4 is 43.6 Å². The maximum Gasteiger partial charge on any atom is 0.416 e. The Balaban J connectivity index is 1.25. The Kier molecular flexibility index (Phi) is 11.9. The molecule has 8 heteroatoms. The zero-order valence-electron chi connectivity index (χ0n) is 45.5. The molecule has 0 saturated carbocycles. The Bertz CT molecular complexity index is 3870. The SMILES string of the molecule is CC(C)(C)c1cc(-c2nc(-c3cc(C(C)(C)C)cc(C(C)(C)C)c3)nc(-c3cc(-c4ccccc4-n4c5ccccc5c5cc(C(F)(F)F)ccc54)ccc3-n3c4ccccc4c4ccccc43)n2)cc(C(C)(C)C)c1. The Labute approximate surface area is 444 Å². The molecule has 0 spiro atoms. The zero-order chi connectivity index (χ0) is 53.9. The van der Waals surface area contributed by atoms with Crippen molar-refractivity contribution in [2.24, 2.45) is 0 Å². The van der Waals surface area contributed by atoms with Crippen molar-refractivity contribution in [3.8, 4) is 56.7 Å². The largest absolute Gasteiger partial charge is 0.416 e. The second-order valence-electron chi connectivity index (χ2n) is 24.6. The summed E-state index contributed by atoms with van der Waals surface area (Å²) in [5, 5.41) is 3.51. The fourth-order valence-electron chi connectivity index (χ4n) is 10.6. The molecule has 8 aromatic carbocycles. The lowest BCUT2D eigenvalue weighted by Crippen LogP contribution is -2.17. The van der Waals surface area contributed by atoms with E-state index in [-0.39, 0.29) is 21.7 Å². The van der Waals surface area contributed by atoms with E-state index in [0.29, 0.717) is 28.4 Å². The lowest BCUT2D eigenvalue weighted by Gasteiger charge is -2.26. The zero-order valence-corrected chi connectivity index (χ0v) is 45.5. The Morgan fingerprint density at radius 2 is 0.684 bits per heavy atom. The monoisotopic (exact) mass is 1010 g/mol. The smallest absolute Gasteiger partial charge is 0.309 e. The summed E-state index contributed by atoms with van der Waals surface area (Å²) in [6.45, 7) is 26.9.